The van der Waals surface area contributed by atoms with E-state index in [9.17, 15) is 9.59 Å². The molecule has 2 rings (SSSR count). The van der Waals surface area contributed by atoms with E-state index in [-0.39, 0.29) is 29.8 Å². The zero-order valence-electron chi connectivity index (χ0n) is 12.5. The lowest BCUT2D eigenvalue weighted by Gasteiger charge is -2.29. The fourth-order valence-electron chi connectivity index (χ4n) is 3.20. The zero-order valence-corrected chi connectivity index (χ0v) is 12.5. The number of carbonyl (C=O) groups is 2. The number of nitrogens with one attached hydrogen (secondary N) is 2. The van der Waals surface area contributed by atoms with E-state index in [4.69, 9.17) is 4.74 Å². The van der Waals surface area contributed by atoms with Gasteiger partial charge in [-0.1, -0.05) is 6.92 Å². The summed E-state index contributed by atoms with van der Waals surface area (Å²) in [6.07, 6.45) is 3.40. The Balaban J connectivity index is 1.74. The molecule has 0 unspecified atom stereocenters. The number of ether oxygens (including phenoxy) is 1. The minimum atomic E-state index is -0.0779. The third kappa shape index (κ3) is 3.72. The first kappa shape index (κ1) is 15.3. The Morgan fingerprint density at radius 1 is 1.20 bits per heavy atom. The van der Waals surface area contributed by atoms with Crippen LogP contribution in [0, 0.1) is 17.8 Å². The second-order valence-corrected chi connectivity index (χ2v) is 6.05. The quantitative estimate of drug-likeness (QED) is 0.757. The van der Waals surface area contributed by atoms with Crippen LogP contribution in [0.2, 0.25) is 0 Å². The van der Waals surface area contributed by atoms with Gasteiger partial charge in [0.25, 0.3) is 0 Å². The van der Waals surface area contributed by atoms with Crippen LogP contribution in [0.25, 0.3) is 0 Å². The SMILES string of the molecule is CCOC(=O)C1CCC(NC(=O)[C@@H]2CNC[C@H]2C)CC1. The van der Waals surface area contributed by atoms with Crippen molar-refractivity contribution in [1.29, 1.82) is 0 Å². The van der Waals surface area contributed by atoms with Gasteiger partial charge in [0, 0.05) is 12.6 Å². The van der Waals surface area contributed by atoms with Gasteiger partial charge in [-0.3, -0.25) is 9.59 Å². The molecule has 2 aliphatic rings. The van der Waals surface area contributed by atoms with Crippen LogP contribution < -0.4 is 10.6 Å². The summed E-state index contributed by atoms with van der Waals surface area (Å²) in [5.41, 5.74) is 0. The van der Waals surface area contributed by atoms with Crippen molar-refractivity contribution in [3.63, 3.8) is 0 Å². The Morgan fingerprint density at radius 3 is 2.45 bits per heavy atom. The fourth-order valence-corrected chi connectivity index (χ4v) is 3.20. The van der Waals surface area contributed by atoms with Crippen molar-refractivity contribution in [3.05, 3.63) is 0 Å². The number of carbonyl (C=O) groups excluding carboxylic acids is 2. The van der Waals surface area contributed by atoms with Crippen molar-refractivity contribution in [3.8, 4) is 0 Å². The highest BCUT2D eigenvalue weighted by molar-refractivity contribution is 5.80. The monoisotopic (exact) mass is 282 g/mol. The van der Waals surface area contributed by atoms with Gasteiger partial charge < -0.3 is 15.4 Å². The normalized spacial score (nSPS) is 33.7. The molecule has 0 radical (unpaired) electrons. The van der Waals surface area contributed by atoms with Crippen molar-refractivity contribution in [2.45, 2.75) is 45.6 Å². The second-order valence-electron chi connectivity index (χ2n) is 6.05. The molecule has 1 heterocycles. The Kier molecular flexibility index (Phi) is 5.40. The summed E-state index contributed by atoms with van der Waals surface area (Å²) in [5.74, 6) is 0.617. The van der Waals surface area contributed by atoms with Crippen molar-refractivity contribution in [2.24, 2.45) is 17.8 Å². The number of rotatable bonds is 4. The average molecular weight is 282 g/mol. The lowest BCUT2D eigenvalue weighted by molar-refractivity contribution is -0.149. The summed E-state index contributed by atoms with van der Waals surface area (Å²) in [4.78, 5) is 23.9. The van der Waals surface area contributed by atoms with Crippen LogP contribution >= 0.6 is 0 Å². The van der Waals surface area contributed by atoms with Gasteiger partial charge in [0.1, 0.15) is 0 Å². The van der Waals surface area contributed by atoms with Crippen LogP contribution in [0.5, 0.6) is 0 Å². The Bertz CT molecular complexity index is 351. The molecule has 20 heavy (non-hydrogen) atoms. The molecular weight excluding hydrogens is 256 g/mol. The Morgan fingerprint density at radius 2 is 1.90 bits per heavy atom. The highest BCUT2D eigenvalue weighted by Crippen LogP contribution is 2.26. The van der Waals surface area contributed by atoms with Gasteiger partial charge in [-0.25, -0.2) is 0 Å². The van der Waals surface area contributed by atoms with Gasteiger partial charge in [0.05, 0.1) is 18.4 Å². The van der Waals surface area contributed by atoms with Gasteiger partial charge in [-0.2, -0.15) is 0 Å². The van der Waals surface area contributed by atoms with Crippen LogP contribution in [0.4, 0.5) is 0 Å². The van der Waals surface area contributed by atoms with Crippen LogP contribution in [0.15, 0.2) is 0 Å². The van der Waals surface area contributed by atoms with E-state index in [0.717, 1.165) is 38.8 Å². The Labute approximate surface area is 120 Å². The van der Waals surface area contributed by atoms with E-state index in [1.807, 2.05) is 6.92 Å². The van der Waals surface area contributed by atoms with E-state index in [1.54, 1.807) is 0 Å². The van der Waals surface area contributed by atoms with Crippen molar-refractivity contribution in [2.75, 3.05) is 19.7 Å². The molecule has 0 aromatic rings. The predicted molar refractivity (Wildman–Crippen MR) is 76.0 cm³/mol. The molecule has 2 fully saturated rings. The lowest BCUT2D eigenvalue weighted by atomic mass is 9.85. The van der Waals surface area contributed by atoms with Gasteiger partial charge in [-0.15, -0.1) is 0 Å². The molecule has 5 heteroatoms. The molecule has 2 atom stereocenters. The largest absolute Gasteiger partial charge is 0.466 e. The summed E-state index contributed by atoms with van der Waals surface area (Å²) in [7, 11) is 0. The third-order valence-corrected chi connectivity index (χ3v) is 4.55. The van der Waals surface area contributed by atoms with Crippen molar-refractivity contribution < 1.29 is 14.3 Å². The minimum Gasteiger partial charge on any atom is -0.466 e. The smallest absolute Gasteiger partial charge is 0.308 e. The van der Waals surface area contributed by atoms with E-state index in [0.29, 0.717) is 12.5 Å². The first-order valence-corrected chi connectivity index (χ1v) is 7.79. The summed E-state index contributed by atoms with van der Waals surface area (Å²) in [6, 6.07) is 0.223. The zero-order chi connectivity index (χ0) is 14.5. The summed E-state index contributed by atoms with van der Waals surface area (Å²) >= 11 is 0. The molecular formula is C15H26N2O3. The topological polar surface area (TPSA) is 67.4 Å². The highest BCUT2D eigenvalue weighted by atomic mass is 16.5. The van der Waals surface area contributed by atoms with Crippen LogP contribution in [-0.2, 0) is 14.3 Å². The maximum absolute atomic E-state index is 12.2. The molecule has 114 valence electrons. The molecule has 1 aliphatic carbocycles. The van der Waals surface area contributed by atoms with Gasteiger partial charge in [-0.05, 0) is 45.1 Å². The summed E-state index contributed by atoms with van der Waals surface area (Å²) in [6.45, 7) is 6.10. The van der Waals surface area contributed by atoms with E-state index >= 15 is 0 Å². The van der Waals surface area contributed by atoms with Gasteiger partial charge >= 0.3 is 5.97 Å². The summed E-state index contributed by atoms with van der Waals surface area (Å²) < 4.78 is 5.06. The second kappa shape index (κ2) is 7.07. The maximum atomic E-state index is 12.2. The lowest BCUT2D eigenvalue weighted by Crippen LogP contribution is -2.43. The van der Waals surface area contributed by atoms with E-state index in [2.05, 4.69) is 17.6 Å². The van der Waals surface area contributed by atoms with Crippen LogP contribution in [-0.4, -0.2) is 37.6 Å². The average Bonchev–Trinajstić information content (AvgIpc) is 2.86. The molecule has 0 bridgehead atoms. The summed E-state index contributed by atoms with van der Waals surface area (Å²) in [5, 5.41) is 6.41. The van der Waals surface area contributed by atoms with E-state index in [1.165, 1.54) is 0 Å². The molecule has 1 amide bonds. The van der Waals surface area contributed by atoms with E-state index < -0.39 is 0 Å². The molecule has 5 nitrogen and oxygen atoms in total. The number of hydrogen-bond donors (Lipinski definition) is 2. The van der Waals surface area contributed by atoms with Crippen molar-refractivity contribution in [1.82, 2.24) is 10.6 Å². The third-order valence-electron chi connectivity index (χ3n) is 4.55. The standard InChI is InChI=1S/C15H26N2O3/c1-3-20-15(19)11-4-6-12(7-5-11)17-14(18)13-9-16-8-10(13)2/h10-13,16H,3-9H2,1-2H3,(H,17,18)/t10-,11?,12?,13-/m1/s1. The molecule has 0 aromatic heterocycles. The highest BCUT2D eigenvalue weighted by Gasteiger charge is 2.33. The maximum Gasteiger partial charge on any atom is 0.308 e. The fraction of sp³-hybridized carbons (Fsp3) is 0.867. The molecule has 1 saturated heterocycles. The molecule has 0 spiro atoms. The number of amides is 1. The molecule has 0 aromatic carbocycles. The van der Waals surface area contributed by atoms with Gasteiger partial charge in [0.2, 0.25) is 5.91 Å². The van der Waals surface area contributed by atoms with Crippen LogP contribution in [0.3, 0.4) is 0 Å². The van der Waals surface area contributed by atoms with Crippen LogP contribution in [0.1, 0.15) is 39.5 Å². The first-order valence-electron chi connectivity index (χ1n) is 7.79. The van der Waals surface area contributed by atoms with Gasteiger partial charge in [0.15, 0.2) is 0 Å². The minimum absolute atomic E-state index is 0.0233. The Hall–Kier alpha value is -1.10. The molecule has 1 saturated carbocycles. The number of hydrogen-bond acceptors (Lipinski definition) is 4. The molecule has 2 N–H and O–H groups in total. The number of esters is 1. The first-order chi connectivity index (χ1) is 9.61. The molecule has 1 aliphatic heterocycles. The van der Waals surface area contributed by atoms with Crippen molar-refractivity contribution >= 4 is 11.9 Å². The predicted octanol–water partition coefficient (Wildman–Crippen LogP) is 1.08.